The fourth-order valence-corrected chi connectivity index (χ4v) is 3.12. The number of nitrogens with two attached hydrogens (primary N) is 1. The maximum absolute atomic E-state index is 12.3. The van der Waals surface area contributed by atoms with Crippen molar-refractivity contribution >= 4 is 17.9 Å². The molecule has 0 aliphatic carbocycles. The largest absolute Gasteiger partial charge is 0.452 e. The number of carbonyl (C=O) groups excluding carboxylic acids is 3. The lowest BCUT2D eigenvalue weighted by Gasteiger charge is -2.30. The van der Waals surface area contributed by atoms with Crippen LogP contribution in [0.5, 0.6) is 0 Å². The van der Waals surface area contributed by atoms with E-state index in [0.717, 1.165) is 12.8 Å². The van der Waals surface area contributed by atoms with Gasteiger partial charge in [-0.2, -0.15) is 0 Å². The summed E-state index contributed by atoms with van der Waals surface area (Å²) in [4.78, 5) is 37.1. The van der Waals surface area contributed by atoms with Crippen LogP contribution in [0.3, 0.4) is 0 Å². The molecule has 1 aliphatic heterocycles. The lowest BCUT2D eigenvalue weighted by molar-refractivity contribution is -0.160. The molecule has 0 saturated carbocycles. The number of piperidine rings is 1. The zero-order chi connectivity index (χ0) is 19.8. The van der Waals surface area contributed by atoms with Gasteiger partial charge >= 0.3 is 12.0 Å². The van der Waals surface area contributed by atoms with Crippen molar-refractivity contribution in [3.05, 3.63) is 35.9 Å². The molecule has 1 saturated heterocycles. The van der Waals surface area contributed by atoms with Gasteiger partial charge in [0.1, 0.15) is 0 Å². The van der Waals surface area contributed by atoms with Gasteiger partial charge in [-0.3, -0.25) is 9.59 Å². The average Bonchev–Trinajstić information content (AvgIpc) is 2.67. The number of primary amides is 1. The van der Waals surface area contributed by atoms with Gasteiger partial charge in [-0.15, -0.1) is 0 Å². The van der Waals surface area contributed by atoms with E-state index in [-0.39, 0.29) is 17.9 Å². The van der Waals surface area contributed by atoms with E-state index in [9.17, 15) is 14.4 Å². The van der Waals surface area contributed by atoms with Gasteiger partial charge in [0.15, 0.2) is 6.10 Å². The monoisotopic (exact) mass is 375 g/mol. The third kappa shape index (κ3) is 6.58. The van der Waals surface area contributed by atoms with Crippen molar-refractivity contribution in [1.82, 2.24) is 10.2 Å². The number of benzene rings is 1. The zero-order valence-corrected chi connectivity index (χ0v) is 16.0. The van der Waals surface area contributed by atoms with Crippen LogP contribution in [0.2, 0.25) is 0 Å². The Labute approximate surface area is 160 Å². The second kappa shape index (κ2) is 9.94. The van der Waals surface area contributed by atoms with Crippen molar-refractivity contribution < 1.29 is 19.1 Å². The molecule has 0 bridgehead atoms. The van der Waals surface area contributed by atoms with Gasteiger partial charge in [0.25, 0.3) is 5.91 Å². The molecule has 1 fully saturated rings. The number of aryl methyl sites for hydroxylation is 1. The number of hydrogen-bond donors (Lipinski definition) is 2. The van der Waals surface area contributed by atoms with Crippen LogP contribution in [0.4, 0.5) is 4.79 Å². The van der Waals surface area contributed by atoms with Crippen molar-refractivity contribution in [3.63, 3.8) is 0 Å². The minimum absolute atomic E-state index is 0.0161. The molecule has 7 heteroatoms. The molecule has 1 aliphatic rings. The molecule has 1 aromatic carbocycles. The minimum Gasteiger partial charge on any atom is -0.452 e. The van der Waals surface area contributed by atoms with Gasteiger partial charge in [-0.25, -0.2) is 4.79 Å². The van der Waals surface area contributed by atoms with Gasteiger partial charge in [-0.05, 0) is 45.1 Å². The minimum atomic E-state index is -0.842. The highest BCUT2D eigenvalue weighted by Crippen LogP contribution is 2.19. The molecular weight excluding hydrogens is 346 g/mol. The molecule has 2 rings (SSSR count). The number of esters is 1. The molecule has 3 amide bonds. The van der Waals surface area contributed by atoms with Crippen LogP contribution < -0.4 is 11.1 Å². The fraction of sp³-hybridized carbons (Fsp3) is 0.550. The second-order valence-electron chi connectivity index (χ2n) is 7.11. The first-order valence-electron chi connectivity index (χ1n) is 9.46. The quantitative estimate of drug-likeness (QED) is 0.710. The fourth-order valence-electron chi connectivity index (χ4n) is 3.12. The van der Waals surface area contributed by atoms with E-state index in [2.05, 4.69) is 17.4 Å². The number of urea groups is 1. The Morgan fingerprint density at radius 3 is 2.41 bits per heavy atom. The number of nitrogens with zero attached hydrogens (tertiary/aromatic N) is 1. The van der Waals surface area contributed by atoms with Crippen LogP contribution in [0, 0.1) is 5.92 Å². The second-order valence-corrected chi connectivity index (χ2v) is 7.11. The van der Waals surface area contributed by atoms with E-state index in [1.165, 1.54) is 10.5 Å². The first-order chi connectivity index (χ1) is 12.9. The van der Waals surface area contributed by atoms with Crippen molar-refractivity contribution in [3.8, 4) is 0 Å². The Bertz CT molecular complexity index is 642. The van der Waals surface area contributed by atoms with E-state index in [4.69, 9.17) is 10.5 Å². The van der Waals surface area contributed by atoms with Crippen molar-refractivity contribution in [2.24, 2.45) is 11.7 Å². The number of hydrogen-bond acceptors (Lipinski definition) is 4. The maximum Gasteiger partial charge on any atom is 0.314 e. The molecule has 7 nitrogen and oxygen atoms in total. The van der Waals surface area contributed by atoms with Gasteiger partial charge < -0.3 is 20.7 Å². The molecule has 1 heterocycles. The van der Waals surface area contributed by atoms with E-state index in [0.29, 0.717) is 25.9 Å². The van der Waals surface area contributed by atoms with E-state index in [1.54, 1.807) is 6.92 Å². The molecule has 27 heavy (non-hydrogen) atoms. The molecular formula is C20H29N3O4. The maximum atomic E-state index is 12.3. The topological polar surface area (TPSA) is 102 Å². The summed E-state index contributed by atoms with van der Waals surface area (Å²) in [6, 6.07) is 9.59. The summed E-state index contributed by atoms with van der Waals surface area (Å²) >= 11 is 0. The van der Waals surface area contributed by atoms with Crippen molar-refractivity contribution in [2.45, 2.75) is 51.7 Å². The van der Waals surface area contributed by atoms with E-state index >= 15 is 0 Å². The van der Waals surface area contributed by atoms with Crippen molar-refractivity contribution in [1.29, 1.82) is 0 Å². The molecule has 0 radical (unpaired) electrons. The molecule has 148 valence electrons. The summed E-state index contributed by atoms with van der Waals surface area (Å²) in [6.45, 7) is 4.39. The first-order valence-corrected chi connectivity index (χ1v) is 9.46. The van der Waals surface area contributed by atoms with Crippen LogP contribution in [-0.4, -0.2) is 48.0 Å². The summed E-state index contributed by atoms with van der Waals surface area (Å²) in [7, 11) is 0. The molecule has 3 N–H and O–H groups in total. The smallest absolute Gasteiger partial charge is 0.314 e. The normalized spacial score (nSPS) is 17.0. The molecule has 1 aromatic rings. The predicted molar refractivity (Wildman–Crippen MR) is 102 cm³/mol. The highest BCUT2D eigenvalue weighted by molar-refractivity contribution is 5.84. The number of rotatable bonds is 7. The van der Waals surface area contributed by atoms with Crippen LogP contribution in [0.1, 0.15) is 38.7 Å². The highest BCUT2D eigenvalue weighted by atomic mass is 16.5. The number of likely N-dealkylation sites (tertiary alicyclic amines) is 1. The molecule has 0 spiro atoms. The Hall–Kier alpha value is -2.57. The Morgan fingerprint density at radius 2 is 1.81 bits per heavy atom. The third-order valence-electron chi connectivity index (χ3n) is 4.90. The highest BCUT2D eigenvalue weighted by Gasteiger charge is 2.30. The van der Waals surface area contributed by atoms with Gasteiger partial charge in [0.2, 0.25) is 0 Å². The van der Waals surface area contributed by atoms with Gasteiger partial charge in [-0.1, -0.05) is 30.3 Å². The third-order valence-corrected chi connectivity index (χ3v) is 4.90. The van der Waals surface area contributed by atoms with Crippen LogP contribution in [0.15, 0.2) is 30.3 Å². The average molecular weight is 375 g/mol. The lowest BCUT2D eigenvalue weighted by Crippen LogP contribution is -2.45. The van der Waals surface area contributed by atoms with Crippen LogP contribution in [-0.2, 0) is 20.7 Å². The Balaban J connectivity index is 1.71. The SMILES string of the molecule is C[C@H](CCc1ccccc1)NC(=O)[C@H](C)OC(=O)C1CCN(C(N)=O)CC1. The summed E-state index contributed by atoms with van der Waals surface area (Å²) in [5, 5.41) is 2.89. The van der Waals surface area contributed by atoms with Gasteiger partial charge in [0, 0.05) is 19.1 Å². The summed E-state index contributed by atoms with van der Waals surface area (Å²) in [5.74, 6) is -0.983. The van der Waals surface area contributed by atoms with E-state index in [1.807, 2.05) is 25.1 Å². The predicted octanol–water partition coefficient (Wildman–Crippen LogP) is 1.85. The summed E-state index contributed by atoms with van der Waals surface area (Å²) in [6.07, 6.45) is 1.84. The number of carbonyl (C=O) groups is 3. The van der Waals surface area contributed by atoms with Gasteiger partial charge in [0.05, 0.1) is 5.92 Å². The number of ether oxygens (including phenoxy) is 1. The summed E-state index contributed by atoms with van der Waals surface area (Å²) in [5.41, 5.74) is 6.46. The Kier molecular flexibility index (Phi) is 7.64. The van der Waals surface area contributed by atoms with E-state index < -0.39 is 18.1 Å². The first kappa shape index (κ1) is 20.7. The van der Waals surface area contributed by atoms with Crippen LogP contribution >= 0.6 is 0 Å². The standard InChI is InChI=1S/C20H29N3O4/c1-14(8-9-16-6-4-3-5-7-16)22-18(24)15(2)27-19(25)17-10-12-23(13-11-17)20(21)26/h3-7,14-15,17H,8-13H2,1-2H3,(H2,21,26)(H,22,24)/t14-,15+/m1/s1. The molecule has 2 atom stereocenters. The summed E-state index contributed by atoms with van der Waals surface area (Å²) < 4.78 is 5.33. The lowest BCUT2D eigenvalue weighted by atomic mass is 9.97. The van der Waals surface area contributed by atoms with Crippen molar-refractivity contribution in [2.75, 3.05) is 13.1 Å². The Morgan fingerprint density at radius 1 is 1.19 bits per heavy atom. The molecule has 0 aromatic heterocycles. The van der Waals surface area contributed by atoms with Crippen LogP contribution in [0.25, 0.3) is 0 Å². The number of nitrogens with one attached hydrogen (secondary N) is 1. The number of amides is 3. The molecule has 0 unspecified atom stereocenters. The zero-order valence-electron chi connectivity index (χ0n) is 16.0.